The Morgan fingerprint density at radius 2 is 2.14 bits per heavy atom. The summed E-state index contributed by atoms with van der Waals surface area (Å²) in [6.07, 6.45) is 0.264. The first-order chi connectivity index (χ1) is 9.73. The van der Waals surface area contributed by atoms with Crippen LogP contribution in [0.15, 0.2) is 23.1 Å². The molecule has 0 amide bonds. The molecule has 0 spiro atoms. The summed E-state index contributed by atoms with van der Waals surface area (Å²) in [5, 5.41) is 19.6. The summed E-state index contributed by atoms with van der Waals surface area (Å²) < 4.78 is 25.9. The van der Waals surface area contributed by atoms with Crippen molar-refractivity contribution in [1.29, 1.82) is 0 Å². The molecule has 1 unspecified atom stereocenters. The largest absolute Gasteiger partial charge is 0.481 e. The standard InChI is InChI=1S/C12H14N2O6S/c1-8-6-10(2-3-11(8)14(17)18)21(19,20)13-5-4-9(7-13)12(15)16/h2-3,6,9H,4-5,7H2,1H3,(H,15,16). The fraction of sp³-hybridized carbons (Fsp3) is 0.417. The van der Waals surface area contributed by atoms with Crippen LogP contribution in [-0.4, -0.2) is 41.8 Å². The Hall–Kier alpha value is -2.00. The second-order valence-corrected chi connectivity index (χ2v) is 6.83. The summed E-state index contributed by atoms with van der Waals surface area (Å²) in [4.78, 5) is 21.0. The van der Waals surface area contributed by atoms with Gasteiger partial charge in [0.05, 0.1) is 15.7 Å². The second-order valence-electron chi connectivity index (χ2n) is 4.89. The van der Waals surface area contributed by atoms with Crippen LogP contribution in [0.1, 0.15) is 12.0 Å². The average Bonchev–Trinajstić information content (AvgIpc) is 2.88. The van der Waals surface area contributed by atoms with Crippen LogP contribution in [0.5, 0.6) is 0 Å². The van der Waals surface area contributed by atoms with Gasteiger partial charge in [0, 0.05) is 24.7 Å². The van der Waals surface area contributed by atoms with Crippen molar-refractivity contribution >= 4 is 21.7 Å². The summed E-state index contributed by atoms with van der Waals surface area (Å²) >= 11 is 0. The first kappa shape index (κ1) is 15.4. The summed E-state index contributed by atoms with van der Waals surface area (Å²) in [6.45, 7) is 1.52. The predicted octanol–water partition coefficient (Wildman–Crippen LogP) is 0.998. The fourth-order valence-electron chi connectivity index (χ4n) is 2.29. The van der Waals surface area contributed by atoms with Crippen molar-refractivity contribution in [3.63, 3.8) is 0 Å². The van der Waals surface area contributed by atoms with E-state index in [1.807, 2.05) is 0 Å². The number of sulfonamides is 1. The Bertz CT molecular complexity index is 700. The molecule has 1 N–H and O–H groups in total. The van der Waals surface area contributed by atoms with Crippen LogP contribution in [0.25, 0.3) is 0 Å². The van der Waals surface area contributed by atoms with E-state index in [2.05, 4.69) is 0 Å². The zero-order valence-corrected chi connectivity index (χ0v) is 12.0. The van der Waals surface area contributed by atoms with Gasteiger partial charge in [0.15, 0.2) is 0 Å². The van der Waals surface area contributed by atoms with E-state index in [-0.39, 0.29) is 35.7 Å². The van der Waals surface area contributed by atoms with Gasteiger partial charge in [-0.1, -0.05) is 0 Å². The van der Waals surface area contributed by atoms with Gasteiger partial charge in [-0.3, -0.25) is 14.9 Å². The number of rotatable bonds is 4. The zero-order chi connectivity index (χ0) is 15.8. The molecule has 21 heavy (non-hydrogen) atoms. The Morgan fingerprint density at radius 1 is 1.48 bits per heavy atom. The van der Waals surface area contributed by atoms with E-state index in [9.17, 15) is 23.3 Å². The van der Waals surface area contributed by atoms with E-state index in [1.54, 1.807) is 0 Å². The van der Waals surface area contributed by atoms with Gasteiger partial charge >= 0.3 is 5.97 Å². The van der Waals surface area contributed by atoms with Gasteiger partial charge in [-0.25, -0.2) is 8.42 Å². The molecule has 2 rings (SSSR count). The quantitative estimate of drug-likeness (QED) is 0.654. The molecule has 1 aromatic rings. The zero-order valence-electron chi connectivity index (χ0n) is 11.2. The number of carbonyl (C=O) groups is 1. The van der Waals surface area contributed by atoms with Crippen molar-refractivity contribution in [2.75, 3.05) is 13.1 Å². The molecule has 0 saturated carbocycles. The highest BCUT2D eigenvalue weighted by Crippen LogP contribution is 2.27. The van der Waals surface area contributed by atoms with E-state index < -0.39 is 26.8 Å². The third kappa shape index (κ3) is 2.88. The number of carboxylic acids is 1. The number of benzene rings is 1. The van der Waals surface area contributed by atoms with Crippen LogP contribution in [0.2, 0.25) is 0 Å². The van der Waals surface area contributed by atoms with Crippen molar-refractivity contribution in [3.05, 3.63) is 33.9 Å². The Kier molecular flexibility index (Phi) is 3.97. The van der Waals surface area contributed by atoms with E-state index >= 15 is 0 Å². The third-order valence-corrected chi connectivity index (χ3v) is 5.36. The van der Waals surface area contributed by atoms with E-state index in [4.69, 9.17) is 5.11 Å². The highest BCUT2D eigenvalue weighted by molar-refractivity contribution is 7.89. The highest BCUT2D eigenvalue weighted by Gasteiger charge is 2.36. The van der Waals surface area contributed by atoms with Crippen LogP contribution in [0, 0.1) is 23.0 Å². The summed E-state index contributed by atoms with van der Waals surface area (Å²) in [7, 11) is -3.82. The number of hydrogen-bond acceptors (Lipinski definition) is 5. The molecule has 1 aromatic carbocycles. The van der Waals surface area contributed by atoms with Gasteiger partial charge in [-0.05, 0) is 25.5 Å². The molecule has 8 nitrogen and oxygen atoms in total. The number of nitro groups is 1. The van der Waals surface area contributed by atoms with Crippen LogP contribution in [0.3, 0.4) is 0 Å². The fourth-order valence-corrected chi connectivity index (χ4v) is 3.88. The maximum Gasteiger partial charge on any atom is 0.307 e. The van der Waals surface area contributed by atoms with Gasteiger partial charge in [0.25, 0.3) is 5.69 Å². The van der Waals surface area contributed by atoms with Crippen LogP contribution in [0.4, 0.5) is 5.69 Å². The lowest BCUT2D eigenvalue weighted by molar-refractivity contribution is -0.385. The summed E-state index contributed by atoms with van der Waals surface area (Å²) in [5.41, 5.74) is 0.0915. The molecule has 1 saturated heterocycles. The third-order valence-electron chi connectivity index (χ3n) is 3.50. The van der Waals surface area contributed by atoms with Crippen molar-refractivity contribution in [2.24, 2.45) is 5.92 Å². The van der Waals surface area contributed by atoms with Gasteiger partial charge < -0.3 is 5.11 Å². The Balaban J connectivity index is 2.31. The molecular weight excluding hydrogens is 300 g/mol. The number of nitro benzene ring substituents is 1. The predicted molar refractivity (Wildman–Crippen MR) is 72.3 cm³/mol. The number of carboxylic acid groups (broad SMARTS) is 1. The molecule has 0 aromatic heterocycles. The van der Waals surface area contributed by atoms with Crippen molar-refractivity contribution < 1.29 is 23.2 Å². The Labute approximate surface area is 121 Å². The SMILES string of the molecule is Cc1cc(S(=O)(=O)N2CCC(C(=O)O)C2)ccc1[N+](=O)[O-]. The molecule has 1 aliphatic heterocycles. The second kappa shape index (κ2) is 5.41. The summed E-state index contributed by atoms with van der Waals surface area (Å²) in [6, 6.07) is 3.56. The minimum atomic E-state index is -3.82. The number of nitrogens with zero attached hydrogens (tertiary/aromatic N) is 2. The van der Waals surface area contributed by atoms with Crippen LogP contribution < -0.4 is 0 Å². The molecule has 1 heterocycles. The first-order valence-electron chi connectivity index (χ1n) is 6.21. The maximum atomic E-state index is 12.4. The Morgan fingerprint density at radius 3 is 2.62 bits per heavy atom. The number of hydrogen-bond donors (Lipinski definition) is 1. The molecule has 9 heteroatoms. The number of aryl methyl sites for hydroxylation is 1. The molecule has 0 radical (unpaired) electrons. The lowest BCUT2D eigenvalue weighted by Crippen LogP contribution is -2.30. The van der Waals surface area contributed by atoms with Gasteiger partial charge in [0.1, 0.15) is 0 Å². The number of aliphatic carboxylic acids is 1. The van der Waals surface area contributed by atoms with E-state index in [1.165, 1.54) is 19.1 Å². The molecule has 114 valence electrons. The lowest BCUT2D eigenvalue weighted by atomic mass is 10.1. The van der Waals surface area contributed by atoms with E-state index in [0.29, 0.717) is 0 Å². The molecule has 0 bridgehead atoms. The highest BCUT2D eigenvalue weighted by atomic mass is 32.2. The van der Waals surface area contributed by atoms with Crippen LogP contribution >= 0.6 is 0 Å². The van der Waals surface area contributed by atoms with Crippen molar-refractivity contribution in [2.45, 2.75) is 18.2 Å². The van der Waals surface area contributed by atoms with Gasteiger partial charge in [-0.15, -0.1) is 0 Å². The van der Waals surface area contributed by atoms with Crippen molar-refractivity contribution in [1.82, 2.24) is 4.31 Å². The molecule has 1 aliphatic rings. The van der Waals surface area contributed by atoms with E-state index in [0.717, 1.165) is 10.4 Å². The molecular formula is C12H14N2O6S. The normalized spacial score (nSPS) is 19.6. The molecule has 1 fully saturated rings. The minimum Gasteiger partial charge on any atom is -0.481 e. The van der Waals surface area contributed by atoms with Gasteiger partial charge in [-0.2, -0.15) is 4.31 Å². The minimum absolute atomic E-state index is 0.0587. The molecule has 0 aliphatic carbocycles. The smallest absolute Gasteiger partial charge is 0.307 e. The molecule has 1 atom stereocenters. The van der Waals surface area contributed by atoms with Gasteiger partial charge in [0.2, 0.25) is 10.0 Å². The lowest BCUT2D eigenvalue weighted by Gasteiger charge is -2.16. The first-order valence-corrected chi connectivity index (χ1v) is 7.65. The van der Waals surface area contributed by atoms with Crippen LogP contribution in [-0.2, 0) is 14.8 Å². The monoisotopic (exact) mass is 314 g/mol. The van der Waals surface area contributed by atoms with Crippen molar-refractivity contribution in [3.8, 4) is 0 Å². The summed E-state index contributed by atoms with van der Waals surface area (Å²) in [5.74, 6) is -1.73. The average molecular weight is 314 g/mol. The topological polar surface area (TPSA) is 118 Å². The maximum absolute atomic E-state index is 12.4.